The zero-order valence-electron chi connectivity index (χ0n) is 21.0. The normalized spacial score (nSPS) is 26.8. The van der Waals surface area contributed by atoms with E-state index in [0.717, 1.165) is 11.1 Å². The number of ether oxygens (including phenoxy) is 6. The van der Waals surface area contributed by atoms with E-state index < -0.39 is 36.6 Å². The first-order valence-electron chi connectivity index (χ1n) is 12.0. The third kappa shape index (κ3) is 5.28. The van der Waals surface area contributed by atoms with Crippen LogP contribution in [0.25, 0.3) is 0 Å². The number of rotatable bonds is 10. The van der Waals surface area contributed by atoms with Crippen molar-refractivity contribution in [2.45, 2.75) is 49.5 Å². The molecule has 1 saturated heterocycles. The second-order valence-electron chi connectivity index (χ2n) is 8.99. The molecule has 2 aromatic carbocycles. The summed E-state index contributed by atoms with van der Waals surface area (Å²) >= 11 is 0. The summed E-state index contributed by atoms with van der Waals surface area (Å²) < 4.78 is 34.1. The number of aryl methyl sites for hydroxylation is 1. The maximum Gasteiger partial charge on any atom is 0.229 e. The lowest BCUT2D eigenvalue weighted by Crippen LogP contribution is -2.54. The Kier molecular flexibility index (Phi) is 8.63. The van der Waals surface area contributed by atoms with Crippen molar-refractivity contribution in [1.29, 1.82) is 0 Å². The molecule has 0 spiro atoms. The molecule has 1 fully saturated rings. The predicted octanol–water partition coefficient (Wildman–Crippen LogP) is 0.665. The van der Waals surface area contributed by atoms with Gasteiger partial charge in [0.25, 0.3) is 0 Å². The summed E-state index contributed by atoms with van der Waals surface area (Å²) in [5, 5.41) is 49.6. The van der Waals surface area contributed by atoms with Crippen LogP contribution >= 0.6 is 0 Å². The Balaban J connectivity index is 1.68. The molecule has 2 aromatic rings. The SMILES string of the molecule is COc1cc([C@H]2Oc3c(OC)cc(CCCO)cc3[C@@H]2CO)cc(OC)c1O[C@@H]1OC[C@@H](O)[C@H](O)[C@H]1O. The monoisotopic (exact) mass is 522 g/mol. The fourth-order valence-corrected chi connectivity index (χ4v) is 4.71. The topological polar surface area (TPSA) is 157 Å². The number of methoxy groups -OCH3 is 3. The first kappa shape index (κ1) is 27.2. The molecule has 6 atom stereocenters. The molecule has 204 valence electrons. The highest BCUT2D eigenvalue weighted by molar-refractivity contribution is 5.58. The number of aliphatic hydroxyl groups is 5. The van der Waals surface area contributed by atoms with Gasteiger partial charge in [0, 0.05) is 17.7 Å². The van der Waals surface area contributed by atoms with Gasteiger partial charge in [0.1, 0.15) is 24.4 Å². The summed E-state index contributed by atoms with van der Waals surface area (Å²) in [5.74, 6) is 1.27. The van der Waals surface area contributed by atoms with Crippen molar-refractivity contribution in [3.63, 3.8) is 0 Å². The third-order valence-electron chi connectivity index (χ3n) is 6.69. The van der Waals surface area contributed by atoms with E-state index in [-0.39, 0.29) is 37.1 Å². The van der Waals surface area contributed by atoms with Gasteiger partial charge in [-0.05, 0) is 36.6 Å². The van der Waals surface area contributed by atoms with E-state index in [1.807, 2.05) is 12.1 Å². The lowest BCUT2D eigenvalue weighted by atomic mass is 9.90. The van der Waals surface area contributed by atoms with E-state index in [4.69, 9.17) is 28.4 Å². The molecule has 37 heavy (non-hydrogen) atoms. The van der Waals surface area contributed by atoms with Gasteiger partial charge in [0.2, 0.25) is 12.0 Å². The van der Waals surface area contributed by atoms with Gasteiger partial charge in [-0.25, -0.2) is 0 Å². The molecule has 0 bridgehead atoms. The Morgan fingerprint density at radius 3 is 2.16 bits per heavy atom. The number of aliphatic hydroxyl groups excluding tert-OH is 5. The molecule has 2 aliphatic rings. The molecule has 0 radical (unpaired) electrons. The van der Waals surface area contributed by atoms with Crippen molar-refractivity contribution in [3.05, 3.63) is 41.0 Å². The van der Waals surface area contributed by atoms with E-state index in [1.54, 1.807) is 19.2 Å². The average Bonchev–Trinajstić information content (AvgIpc) is 3.30. The predicted molar refractivity (Wildman–Crippen MR) is 130 cm³/mol. The Bertz CT molecular complexity index is 1050. The minimum atomic E-state index is -1.50. The molecule has 0 unspecified atom stereocenters. The number of hydrogen-bond donors (Lipinski definition) is 5. The van der Waals surface area contributed by atoms with Gasteiger partial charge in [-0.1, -0.05) is 6.07 Å². The molecule has 0 amide bonds. The van der Waals surface area contributed by atoms with Crippen LogP contribution in [0.2, 0.25) is 0 Å². The average molecular weight is 523 g/mol. The lowest BCUT2D eigenvalue weighted by Gasteiger charge is -2.35. The minimum Gasteiger partial charge on any atom is -0.493 e. The Hall–Kier alpha value is -2.80. The standard InChI is InChI=1S/C26H34O11/c1-32-18-8-13(5-4-6-27)7-15-16(11-28)23(36-24(15)18)14-9-19(33-2)25(20(10-14)34-3)37-26-22(31)21(30)17(29)12-35-26/h7-10,16-17,21-23,26-31H,4-6,11-12H2,1-3H3/t16-,17+,21-,22+,23+,26-/m0/s1. The van der Waals surface area contributed by atoms with Crippen LogP contribution in [-0.4, -0.2) is 91.3 Å². The first-order valence-corrected chi connectivity index (χ1v) is 12.0. The van der Waals surface area contributed by atoms with Crippen LogP contribution in [0.5, 0.6) is 28.7 Å². The van der Waals surface area contributed by atoms with E-state index in [9.17, 15) is 25.5 Å². The van der Waals surface area contributed by atoms with Crippen LogP contribution in [-0.2, 0) is 11.2 Å². The Morgan fingerprint density at radius 1 is 0.892 bits per heavy atom. The van der Waals surface area contributed by atoms with Crippen molar-refractivity contribution in [2.24, 2.45) is 0 Å². The summed E-state index contributed by atoms with van der Waals surface area (Å²) in [4.78, 5) is 0. The molecule has 0 aromatic heterocycles. The Labute approximate surface area is 214 Å². The third-order valence-corrected chi connectivity index (χ3v) is 6.69. The highest BCUT2D eigenvalue weighted by atomic mass is 16.7. The van der Waals surface area contributed by atoms with Crippen LogP contribution < -0.4 is 23.7 Å². The molecular formula is C26H34O11. The van der Waals surface area contributed by atoms with Gasteiger partial charge in [-0.15, -0.1) is 0 Å². The van der Waals surface area contributed by atoms with Crippen LogP contribution in [0.15, 0.2) is 24.3 Å². The maximum absolute atomic E-state index is 10.3. The maximum atomic E-state index is 10.3. The van der Waals surface area contributed by atoms with Gasteiger partial charge < -0.3 is 54.0 Å². The van der Waals surface area contributed by atoms with Gasteiger partial charge in [-0.2, -0.15) is 0 Å². The number of benzene rings is 2. The van der Waals surface area contributed by atoms with Gasteiger partial charge >= 0.3 is 0 Å². The molecule has 0 aliphatic carbocycles. The van der Waals surface area contributed by atoms with E-state index >= 15 is 0 Å². The van der Waals surface area contributed by atoms with E-state index in [0.29, 0.717) is 29.9 Å². The summed E-state index contributed by atoms with van der Waals surface area (Å²) in [6, 6.07) is 7.18. The largest absolute Gasteiger partial charge is 0.493 e. The highest BCUT2D eigenvalue weighted by Gasteiger charge is 2.41. The molecular weight excluding hydrogens is 488 g/mol. The highest BCUT2D eigenvalue weighted by Crippen LogP contribution is 2.53. The molecule has 0 saturated carbocycles. The van der Waals surface area contributed by atoms with Crippen LogP contribution in [0.4, 0.5) is 0 Å². The number of hydrogen-bond acceptors (Lipinski definition) is 11. The Morgan fingerprint density at radius 2 is 1.57 bits per heavy atom. The zero-order chi connectivity index (χ0) is 26.7. The van der Waals surface area contributed by atoms with Crippen molar-refractivity contribution in [3.8, 4) is 28.7 Å². The van der Waals surface area contributed by atoms with Crippen molar-refractivity contribution in [1.82, 2.24) is 0 Å². The van der Waals surface area contributed by atoms with Crippen LogP contribution in [0, 0.1) is 0 Å². The minimum absolute atomic E-state index is 0.0679. The molecule has 5 N–H and O–H groups in total. The summed E-state index contributed by atoms with van der Waals surface area (Å²) in [6.07, 6.45) is -4.81. The van der Waals surface area contributed by atoms with Gasteiger partial charge in [-0.3, -0.25) is 0 Å². The first-order chi connectivity index (χ1) is 17.9. The van der Waals surface area contributed by atoms with Gasteiger partial charge in [0.05, 0.1) is 40.5 Å². The second kappa shape index (κ2) is 11.7. The molecule has 2 aliphatic heterocycles. The fourth-order valence-electron chi connectivity index (χ4n) is 4.71. The van der Waals surface area contributed by atoms with Gasteiger partial charge in [0.15, 0.2) is 23.0 Å². The van der Waals surface area contributed by atoms with Crippen LogP contribution in [0.1, 0.15) is 35.1 Å². The van der Waals surface area contributed by atoms with Crippen molar-refractivity contribution < 1.29 is 54.0 Å². The zero-order valence-corrected chi connectivity index (χ0v) is 21.0. The second-order valence-corrected chi connectivity index (χ2v) is 8.99. The number of fused-ring (bicyclic) bond motifs is 1. The fraction of sp³-hybridized carbons (Fsp3) is 0.538. The molecule has 2 heterocycles. The lowest BCUT2D eigenvalue weighted by molar-refractivity contribution is -0.242. The van der Waals surface area contributed by atoms with Crippen molar-refractivity contribution in [2.75, 3.05) is 41.2 Å². The van der Waals surface area contributed by atoms with E-state index in [2.05, 4.69) is 0 Å². The summed E-state index contributed by atoms with van der Waals surface area (Å²) in [5.41, 5.74) is 2.39. The van der Waals surface area contributed by atoms with E-state index in [1.165, 1.54) is 14.2 Å². The molecule has 11 heteroatoms. The molecule has 4 rings (SSSR count). The summed E-state index contributed by atoms with van der Waals surface area (Å²) in [7, 11) is 4.42. The summed E-state index contributed by atoms with van der Waals surface area (Å²) in [6.45, 7) is -0.353. The molecule has 11 nitrogen and oxygen atoms in total. The quantitative estimate of drug-likeness (QED) is 0.299. The smallest absolute Gasteiger partial charge is 0.229 e. The van der Waals surface area contributed by atoms with Crippen LogP contribution in [0.3, 0.4) is 0 Å². The van der Waals surface area contributed by atoms with Crippen molar-refractivity contribution >= 4 is 0 Å².